The molecule has 0 saturated carbocycles. The van der Waals surface area contributed by atoms with E-state index < -0.39 is 5.50 Å². The largest absolute Gasteiger partial charge is 0.687 e. The van der Waals surface area contributed by atoms with Gasteiger partial charge in [-0.1, -0.05) is 62.8 Å². The van der Waals surface area contributed by atoms with E-state index in [1.165, 1.54) is 56.4 Å². The monoisotopic (exact) mass is 517 g/mol. The van der Waals surface area contributed by atoms with Gasteiger partial charge in [-0.05, 0) is 23.9 Å². The summed E-state index contributed by atoms with van der Waals surface area (Å²) in [5.41, 5.74) is 12.9. The number of carbonyl (C=O) groups is 1. The number of thioether (sulfide) groups is 1. The van der Waals surface area contributed by atoms with Gasteiger partial charge in [-0.15, -0.1) is 38.8 Å². The summed E-state index contributed by atoms with van der Waals surface area (Å²) in [6.45, 7) is 5.36. The van der Waals surface area contributed by atoms with Gasteiger partial charge in [0.2, 0.25) is 0 Å². The Labute approximate surface area is 214 Å². The minimum atomic E-state index is -0.440. The van der Waals surface area contributed by atoms with Crippen molar-refractivity contribution in [2.24, 2.45) is 0 Å². The first kappa shape index (κ1) is 31.7. The number of ketones is 1. The number of allylic oxidation sites excluding steroid dienone is 7. The van der Waals surface area contributed by atoms with Crippen LogP contribution < -0.4 is 10.9 Å². The topological polar surface area (TPSA) is 107 Å². The molecule has 0 aromatic rings. The van der Waals surface area contributed by atoms with Crippen molar-refractivity contribution in [1.82, 2.24) is 10.9 Å². The molecule has 4 aliphatic rings. The number of hydrogen-bond donors (Lipinski definition) is 2. The second-order valence-electron chi connectivity index (χ2n) is 7.18. The number of hydrogen-bond acceptors (Lipinski definition) is 4. The molecule has 2 fully saturated rings. The van der Waals surface area contributed by atoms with Crippen molar-refractivity contribution in [2.45, 2.75) is 44.0 Å². The summed E-state index contributed by atoms with van der Waals surface area (Å²) in [6.07, 6.45) is 26.0. The molecule has 33 heavy (non-hydrogen) atoms. The van der Waals surface area contributed by atoms with E-state index in [1.807, 2.05) is 24.5 Å². The minimum Gasteiger partial charge on any atom is -0.687 e. The van der Waals surface area contributed by atoms with Crippen molar-refractivity contribution in [3.8, 4) is 0 Å². The average molecular weight is 518 g/mol. The van der Waals surface area contributed by atoms with Gasteiger partial charge in [-0.2, -0.15) is 18.0 Å². The van der Waals surface area contributed by atoms with Gasteiger partial charge >= 0.3 is 0 Å². The molecular formula is C24H38CoN6OS-4. The van der Waals surface area contributed by atoms with Crippen molar-refractivity contribution in [3.05, 3.63) is 82.2 Å². The van der Waals surface area contributed by atoms with E-state index in [9.17, 15) is 4.79 Å². The Kier molecular flexibility index (Phi) is 22.9. The number of nitrogens with zero attached hydrogens (tertiary/aromatic N) is 3. The number of rotatable bonds is 4. The molecule has 3 heterocycles. The van der Waals surface area contributed by atoms with Crippen LogP contribution in [0.1, 0.15) is 38.5 Å². The van der Waals surface area contributed by atoms with Crippen LogP contribution in [0.15, 0.2) is 60.5 Å². The van der Waals surface area contributed by atoms with Gasteiger partial charge in [0, 0.05) is 28.6 Å². The molecule has 7 nitrogen and oxygen atoms in total. The molecule has 0 aromatic carbocycles. The Morgan fingerprint density at radius 3 is 1.88 bits per heavy atom. The maximum atomic E-state index is 11.2. The van der Waals surface area contributed by atoms with Crippen molar-refractivity contribution in [2.75, 3.05) is 39.0 Å². The van der Waals surface area contributed by atoms with Crippen LogP contribution >= 0.6 is 11.8 Å². The van der Waals surface area contributed by atoms with Gasteiger partial charge in [0.1, 0.15) is 0 Å². The van der Waals surface area contributed by atoms with Crippen molar-refractivity contribution in [1.29, 1.82) is 0 Å². The van der Waals surface area contributed by atoms with E-state index >= 15 is 0 Å². The summed E-state index contributed by atoms with van der Waals surface area (Å²) in [4.78, 5) is 11.2. The van der Waals surface area contributed by atoms with Crippen LogP contribution in [-0.4, -0.2) is 50.3 Å². The molecule has 4 rings (SSSR count). The molecule has 1 radical (unpaired) electrons. The smallest absolute Gasteiger partial charge is 0.187 e. The fraction of sp³-hybridized carbons (Fsp3) is 0.542. The minimum absolute atomic E-state index is 0. The fourth-order valence-corrected chi connectivity index (χ4v) is 2.88. The van der Waals surface area contributed by atoms with Gasteiger partial charge in [0.05, 0.1) is 0 Å². The van der Waals surface area contributed by atoms with E-state index in [-0.39, 0.29) is 22.6 Å². The third kappa shape index (κ3) is 19.8. The zero-order chi connectivity index (χ0) is 23.1. The molecule has 2 saturated heterocycles. The van der Waals surface area contributed by atoms with Gasteiger partial charge in [0.15, 0.2) is 5.78 Å². The Morgan fingerprint density at radius 2 is 1.55 bits per heavy atom. The zero-order valence-electron chi connectivity index (χ0n) is 19.5. The first-order chi connectivity index (χ1) is 15.7. The Balaban J connectivity index is 0.000000449. The predicted molar refractivity (Wildman–Crippen MR) is 140 cm³/mol. The van der Waals surface area contributed by atoms with Crippen LogP contribution in [0.25, 0.3) is 21.7 Å². The number of nitrogens with one attached hydrogen (secondary N) is 3. The molecule has 0 amide bonds. The van der Waals surface area contributed by atoms with Crippen LogP contribution in [-0.2, 0) is 21.6 Å². The number of carbonyl (C=O) groups excluding carboxylic acids is 1. The molecule has 9 heteroatoms. The predicted octanol–water partition coefficient (Wildman–Crippen LogP) is 5.89. The van der Waals surface area contributed by atoms with E-state index in [2.05, 4.69) is 26.8 Å². The molecule has 189 valence electrons. The van der Waals surface area contributed by atoms with E-state index in [0.29, 0.717) is 5.57 Å². The van der Waals surface area contributed by atoms with Crippen LogP contribution in [0.5, 0.6) is 0 Å². The second kappa shape index (κ2) is 23.8. The molecule has 3 N–H and O–H groups in total. The van der Waals surface area contributed by atoms with Crippen molar-refractivity contribution < 1.29 is 21.6 Å². The summed E-state index contributed by atoms with van der Waals surface area (Å²) in [6, 6.07) is 0. The second-order valence-corrected chi connectivity index (χ2v) is 8.13. The van der Waals surface area contributed by atoms with E-state index in [4.69, 9.17) is 5.73 Å². The molecule has 3 aliphatic heterocycles. The summed E-state index contributed by atoms with van der Waals surface area (Å²) in [7, 11) is 0. The Hall–Kier alpha value is -1.33. The average Bonchev–Trinajstić information content (AvgIpc) is 2.89. The SMILES string of the molecule is C1=CC[N-]C=C1.C1CC[N-]CC1.C1CC[N-]CC1.CSC([NH-])NNC=C1C=CC=CC1=O.[Co]. The number of piperidine rings is 2. The maximum absolute atomic E-state index is 11.2. The fourth-order valence-electron chi connectivity index (χ4n) is 2.70. The molecule has 0 bridgehead atoms. The van der Waals surface area contributed by atoms with Crippen LogP contribution in [0.2, 0.25) is 0 Å². The van der Waals surface area contributed by atoms with Crippen molar-refractivity contribution >= 4 is 17.5 Å². The summed E-state index contributed by atoms with van der Waals surface area (Å²) >= 11 is 1.36. The molecule has 1 unspecified atom stereocenters. The third-order valence-corrected chi connectivity index (χ3v) is 5.10. The summed E-state index contributed by atoms with van der Waals surface area (Å²) in [5, 5.41) is 12.3. The van der Waals surface area contributed by atoms with E-state index in [0.717, 1.165) is 32.7 Å². The zero-order valence-corrected chi connectivity index (χ0v) is 21.4. The van der Waals surface area contributed by atoms with Gasteiger partial charge in [-0.25, -0.2) is 5.43 Å². The summed E-state index contributed by atoms with van der Waals surface area (Å²) in [5.74, 6) is -0.0347. The van der Waals surface area contributed by atoms with Crippen LogP contribution in [0.3, 0.4) is 0 Å². The standard InChI is InChI=1S/C9H12N3OS.2C5H10N.C5H6N.Co/c1-14-9(10)12-11-6-7-4-2-3-5-8(7)13;3*1-2-4-6-5-3-1;/h2-6,9-12H,1H3;2*1-5H2;1-4H,5H2;/q4*-1;. The van der Waals surface area contributed by atoms with Gasteiger partial charge in [0.25, 0.3) is 0 Å². The Bertz CT molecular complexity index is 581. The molecule has 0 spiro atoms. The van der Waals surface area contributed by atoms with Crippen LogP contribution in [0.4, 0.5) is 0 Å². The molecule has 1 aliphatic carbocycles. The molecule has 0 aromatic heterocycles. The quantitative estimate of drug-likeness (QED) is 0.275. The maximum Gasteiger partial charge on any atom is 0.187 e. The van der Waals surface area contributed by atoms with Crippen molar-refractivity contribution in [3.63, 3.8) is 0 Å². The third-order valence-electron chi connectivity index (χ3n) is 4.51. The molecule has 1 atom stereocenters. The Morgan fingerprint density at radius 1 is 0.939 bits per heavy atom. The van der Waals surface area contributed by atoms with Crippen LogP contribution in [0, 0.1) is 0 Å². The van der Waals surface area contributed by atoms with Gasteiger partial charge < -0.3 is 27.1 Å². The first-order valence-electron chi connectivity index (χ1n) is 11.3. The summed E-state index contributed by atoms with van der Waals surface area (Å²) < 4.78 is 0. The van der Waals surface area contributed by atoms with Gasteiger partial charge in [-0.3, -0.25) is 4.79 Å². The first-order valence-corrected chi connectivity index (χ1v) is 12.6. The normalized spacial score (nSPS) is 20.4. The molecular weight excluding hydrogens is 479 g/mol. The number of hydrazine groups is 1. The van der Waals surface area contributed by atoms with E-state index in [1.54, 1.807) is 30.6 Å².